The van der Waals surface area contributed by atoms with Crippen molar-refractivity contribution in [1.82, 2.24) is 10.2 Å². The van der Waals surface area contributed by atoms with Crippen molar-refractivity contribution in [2.75, 3.05) is 6.61 Å². The Balaban J connectivity index is 2.82. The molecule has 0 radical (unpaired) electrons. The minimum atomic E-state index is -0.307. The molecule has 1 rings (SSSR count). The molecule has 0 aliphatic heterocycles. The maximum Gasteiger partial charge on any atom is 0.0639 e. The van der Waals surface area contributed by atoms with Gasteiger partial charge < -0.3 is 10.8 Å². The van der Waals surface area contributed by atoms with Crippen LogP contribution in [0.15, 0.2) is 6.20 Å². The van der Waals surface area contributed by atoms with E-state index in [-0.39, 0.29) is 12.6 Å². The molecular weight excluding hydrogens is 130 g/mol. The van der Waals surface area contributed by atoms with Gasteiger partial charge in [-0.15, -0.1) is 0 Å². The molecule has 0 aromatic carbocycles. The van der Waals surface area contributed by atoms with Gasteiger partial charge in [0.05, 0.1) is 18.3 Å². The van der Waals surface area contributed by atoms with Gasteiger partial charge in [0.15, 0.2) is 0 Å². The minimum absolute atomic E-state index is 0.0413. The number of H-pyrrole nitrogens is 1. The summed E-state index contributed by atoms with van der Waals surface area (Å²) >= 11 is 0. The lowest BCUT2D eigenvalue weighted by atomic mass is 10.1. The van der Waals surface area contributed by atoms with E-state index in [0.29, 0.717) is 0 Å². The fourth-order valence-corrected chi connectivity index (χ4v) is 0.841. The molecule has 1 heterocycles. The van der Waals surface area contributed by atoms with Crippen LogP contribution in [-0.4, -0.2) is 21.9 Å². The van der Waals surface area contributed by atoms with E-state index in [1.54, 1.807) is 6.20 Å². The van der Waals surface area contributed by atoms with Crippen LogP contribution in [0.25, 0.3) is 0 Å². The number of aromatic nitrogens is 2. The average molecular weight is 141 g/mol. The van der Waals surface area contributed by atoms with E-state index in [0.717, 1.165) is 11.3 Å². The summed E-state index contributed by atoms with van der Waals surface area (Å²) in [6, 6.07) is -0.307. The SMILES string of the molecule is Cc1n[nH]cc1C(N)CO. The summed E-state index contributed by atoms with van der Waals surface area (Å²) in [5.41, 5.74) is 7.26. The molecule has 4 heteroatoms. The molecule has 1 atom stereocenters. The largest absolute Gasteiger partial charge is 0.394 e. The topological polar surface area (TPSA) is 74.9 Å². The van der Waals surface area contributed by atoms with Crippen molar-refractivity contribution in [3.05, 3.63) is 17.5 Å². The molecule has 1 unspecified atom stereocenters. The van der Waals surface area contributed by atoms with Crippen molar-refractivity contribution in [2.24, 2.45) is 5.73 Å². The molecule has 4 nitrogen and oxygen atoms in total. The summed E-state index contributed by atoms with van der Waals surface area (Å²) in [6.45, 7) is 1.81. The normalized spacial score (nSPS) is 13.5. The second-order valence-electron chi connectivity index (χ2n) is 2.22. The molecule has 10 heavy (non-hydrogen) atoms. The monoisotopic (exact) mass is 141 g/mol. The van der Waals surface area contributed by atoms with Crippen molar-refractivity contribution >= 4 is 0 Å². The molecule has 4 N–H and O–H groups in total. The maximum absolute atomic E-state index is 8.66. The molecule has 0 spiro atoms. The summed E-state index contributed by atoms with van der Waals surface area (Å²) in [6.07, 6.45) is 1.70. The number of aliphatic hydroxyl groups excluding tert-OH is 1. The van der Waals surface area contributed by atoms with Crippen LogP contribution in [0.4, 0.5) is 0 Å². The first-order chi connectivity index (χ1) is 4.75. The van der Waals surface area contributed by atoms with Gasteiger partial charge in [-0.25, -0.2) is 0 Å². The second-order valence-corrected chi connectivity index (χ2v) is 2.22. The third-order valence-corrected chi connectivity index (χ3v) is 1.47. The highest BCUT2D eigenvalue weighted by molar-refractivity contribution is 5.18. The molecule has 0 saturated carbocycles. The Bertz CT molecular complexity index is 209. The smallest absolute Gasteiger partial charge is 0.0639 e. The zero-order valence-electron chi connectivity index (χ0n) is 5.83. The van der Waals surface area contributed by atoms with E-state index >= 15 is 0 Å². The molecular formula is C6H11N3O. The van der Waals surface area contributed by atoms with E-state index in [2.05, 4.69) is 10.2 Å². The third-order valence-electron chi connectivity index (χ3n) is 1.47. The van der Waals surface area contributed by atoms with E-state index < -0.39 is 0 Å². The van der Waals surface area contributed by atoms with Gasteiger partial charge in [0.2, 0.25) is 0 Å². The van der Waals surface area contributed by atoms with Crippen molar-refractivity contribution in [3.63, 3.8) is 0 Å². The first-order valence-electron chi connectivity index (χ1n) is 3.12. The molecule has 0 fully saturated rings. The van der Waals surface area contributed by atoms with Crippen LogP contribution in [0.3, 0.4) is 0 Å². The highest BCUT2D eigenvalue weighted by Gasteiger charge is 2.08. The lowest BCUT2D eigenvalue weighted by molar-refractivity contribution is 0.267. The zero-order valence-corrected chi connectivity index (χ0v) is 5.83. The number of nitrogens with one attached hydrogen (secondary N) is 1. The van der Waals surface area contributed by atoms with Crippen LogP contribution < -0.4 is 5.73 Å². The van der Waals surface area contributed by atoms with Crippen molar-refractivity contribution in [1.29, 1.82) is 0 Å². The molecule has 56 valence electrons. The molecule has 1 aromatic heterocycles. The Morgan fingerprint density at radius 1 is 1.90 bits per heavy atom. The first kappa shape index (κ1) is 7.24. The second kappa shape index (κ2) is 2.81. The van der Waals surface area contributed by atoms with Crippen molar-refractivity contribution < 1.29 is 5.11 Å². The Hall–Kier alpha value is -0.870. The van der Waals surface area contributed by atoms with Crippen LogP contribution in [0.5, 0.6) is 0 Å². The summed E-state index contributed by atoms with van der Waals surface area (Å²) in [5, 5.41) is 15.2. The molecule has 0 aliphatic rings. The van der Waals surface area contributed by atoms with E-state index in [4.69, 9.17) is 10.8 Å². The maximum atomic E-state index is 8.66. The lowest BCUT2D eigenvalue weighted by Crippen LogP contribution is -2.14. The van der Waals surface area contributed by atoms with Gasteiger partial charge in [-0.3, -0.25) is 5.10 Å². The standard InChI is InChI=1S/C6H11N3O/c1-4-5(2-8-9-4)6(7)3-10/h2,6,10H,3,7H2,1H3,(H,8,9). The van der Waals surface area contributed by atoms with Crippen LogP contribution in [0.1, 0.15) is 17.3 Å². The van der Waals surface area contributed by atoms with Crippen LogP contribution in [0.2, 0.25) is 0 Å². The molecule has 0 bridgehead atoms. The summed E-state index contributed by atoms with van der Waals surface area (Å²) in [7, 11) is 0. The van der Waals surface area contributed by atoms with Crippen LogP contribution in [0, 0.1) is 6.92 Å². The van der Waals surface area contributed by atoms with Gasteiger partial charge in [0, 0.05) is 11.8 Å². The average Bonchev–Trinajstić information content (AvgIpc) is 2.34. The predicted molar refractivity (Wildman–Crippen MR) is 37.3 cm³/mol. The number of aliphatic hydroxyl groups is 1. The first-order valence-corrected chi connectivity index (χ1v) is 3.12. The van der Waals surface area contributed by atoms with Gasteiger partial charge >= 0.3 is 0 Å². The highest BCUT2D eigenvalue weighted by Crippen LogP contribution is 2.10. The molecule has 1 aromatic rings. The third kappa shape index (κ3) is 1.17. The van der Waals surface area contributed by atoms with E-state index in [1.807, 2.05) is 6.92 Å². The molecule has 0 amide bonds. The number of hydrogen-bond donors (Lipinski definition) is 3. The molecule has 0 saturated heterocycles. The fraction of sp³-hybridized carbons (Fsp3) is 0.500. The zero-order chi connectivity index (χ0) is 7.56. The van der Waals surface area contributed by atoms with Crippen molar-refractivity contribution in [2.45, 2.75) is 13.0 Å². The van der Waals surface area contributed by atoms with E-state index in [9.17, 15) is 0 Å². The fourth-order valence-electron chi connectivity index (χ4n) is 0.841. The van der Waals surface area contributed by atoms with E-state index in [1.165, 1.54) is 0 Å². The minimum Gasteiger partial charge on any atom is -0.394 e. The van der Waals surface area contributed by atoms with Gasteiger partial charge in [-0.2, -0.15) is 5.10 Å². The Morgan fingerprint density at radius 2 is 2.60 bits per heavy atom. The van der Waals surface area contributed by atoms with Crippen LogP contribution >= 0.6 is 0 Å². The number of nitrogens with zero attached hydrogens (tertiary/aromatic N) is 1. The highest BCUT2D eigenvalue weighted by atomic mass is 16.3. The summed E-state index contributed by atoms with van der Waals surface area (Å²) in [4.78, 5) is 0. The number of rotatable bonds is 2. The van der Waals surface area contributed by atoms with Crippen molar-refractivity contribution in [3.8, 4) is 0 Å². The number of hydrogen-bond acceptors (Lipinski definition) is 3. The van der Waals surface area contributed by atoms with Gasteiger partial charge in [-0.1, -0.05) is 0 Å². The molecule has 0 aliphatic carbocycles. The summed E-state index contributed by atoms with van der Waals surface area (Å²) in [5.74, 6) is 0. The Morgan fingerprint density at radius 3 is 3.00 bits per heavy atom. The van der Waals surface area contributed by atoms with Gasteiger partial charge in [0.25, 0.3) is 0 Å². The Kier molecular flexibility index (Phi) is 2.03. The lowest BCUT2D eigenvalue weighted by Gasteiger charge is -2.04. The predicted octanol–water partition coefficient (Wildman–Crippen LogP) is -0.290. The number of aryl methyl sites for hydroxylation is 1. The summed E-state index contributed by atoms with van der Waals surface area (Å²) < 4.78 is 0. The number of aromatic amines is 1. The number of nitrogens with two attached hydrogens (primary N) is 1. The van der Waals surface area contributed by atoms with Gasteiger partial charge in [0.1, 0.15) is 0 Å². The Labute approximate surface area is 59.1 Å². The van der Waals surface area contributed by atoms with Gasteiger partial charge in [-0.05, 0) is 6.92 Å². The quantitative estimate of drug-likeness (QED) is 0.529. The van der Waals surface area contributed by atoms with Crippen LogP contribution in [-0.2, 0) is 0 Å².